The van der Waals surface area contributed by atoms with Crippen LogP contribution in [0.4, 0.5) is 15.8 Å². The molecule has 3 aromatic rings. The molecular formula is C25H19ClFN3O4S. The third kappa shape index (κ3) is 5.41. The lowest BCUT2D eigenvalue weighted by atomic mass is 10.1. The molecule has 0 unspecified atom stereocenters. The quantitative estimate of drug-likeness (QED) is 0.498. The number of hydrogen-bond donors (Lipinski definition) is 1. The normalized spacial score (nSPS) is 18.1. The molecule has 2 aliphatic heterocycles. The SMILES string of the molecule is O=C(Nc1ccc(Cl)cc1)[C@@H]1CC(=O)N(Cc2ccc3c(c2)OCO3)C(=Nc2ccc(F)cc2)S1. The lowest BCUT2D eigenvalue weighted by Crippen LogP contribution is -2.44. The molecule has 7 nitrogen and oxygen atoms in total. The average molecular weight is 512 g/mol. The summed E-state index contributed by atoms with van der Waals surface area (Å²) in [5.41, 5.74) is 1.86. The Morgan fingerprint density at radius 2 is 1.83 bits per heavy atom. The minimum absolute atomic E-state index is 0.00290. The third-order valence-electron chi connectivity index (χ3n) is 5.37. The van der Waals surface area contributed by atoms with E-state index in [1.807, 2.05) is 12.1 Å². The van der Waals surface area contributed by atoms with E-state index in [-0.39, 0.29) is 31.6 Å². The van der Waals surface area contributed by atoms with E-state index in [0.29, 0.717) is 33.1 Å². The largest absolute Gasteiger partial charge is 0.454 e. The number of benzene rings is 3. The number of ether oxygens (including phenoxy) is 2. The zero-order chi connectivity index (χ0) is 24.4. The summed E-state index contributed by atoms with van der Waals surface area (Å²) >= 11 is 7.10. The number of thioether (sulfide) groups is 1. The first kappa shape index (κ1) is 23.2. The first-order chi connectivity index (χ1) is 16.9. The van der Waals surface area contributed by atoms with Crippen molar-refractivity contribution in [3.63, 3.8) is 0 Å². The van der Waals surface area contributed by atoms with Gasteiger partial charge in [-0.15, -0.1) is 0 Å². The summed E-state index contributed by atoms with van der Waals surface area (Å²) in [4.78, 5) is 32.3. The Labute approximate surface area is 209 Å². The summed E-state index contributed by atoms with van der Waals surface area (Å²) in [5, 5.41) is 3.03. The number of amidine groups is 1. The molecule has 2 aliphatic rings. The Bertz CT molecular complexity index is 1300. The first-order valence-corrected chi connectivity index (χ1v) is 12.0. The predicted molar refractivity (Wildman–Crippen MR) is 133 cm³/mol. The van der Waals surface area contributed by atoms with E-state index in [9.17, 15) is 14.0 Å². The Morgan fingerprint density at radius 1 is 1.09 bits per heavy atom. The van der Waals surface area contributed by atoms with Gasteiger partial charge in [0.15, 0.2) is 16.7 Å². The van der Waals surface area contributed by atoms with Gasteiger partial charge in [-0.3, -0.25) is 14.5 Å². The van der Waals surface area contributed by atoms with Crippen LogP contribution >= 0.6 is 23.4 Å². The summed E-state index contributed by atoms with van der Waals surface area (Å²) < 4.78 is 24.2. The van der Waals surface area contributed by atoms with Crippen molar-refractivity contribution < 1.29 is 23.5 Å². The van der Waals surface area contributed by atoms with Crippen LogP contribution in [0, 0.1) is 5.82 Å². The number of hydrogen-bond acceptors (Lipinski definition) is 6. The van der Waals surface area contributed by atoms with Gasteiger partial charge in [0.1, 0.15) is 11.1 Å². The second kappa shape index (κ2) is 9.97. The van der Waals surface area contributed by atoms with Crippen molar-refractivity contribution in [2.45, 2.75) is 18.2 Å². The molecule has 0 radical (unpaired) electrons. The molecule has 0 spiro atoms. The van der Waals surface area contributed by atoms with Gasteiger partial charge in [0.2, 0.25) is 18.6 Å². The van der Waals surface area contributed by atoms with Gasteiger partial charge in [-0.1, -0.05) is 29.4 Å². The second-order valence-corrected chi connectivity index (χ2v) is 9.45. The Kier molecular flexibility index (Phi) is 6.61. The number of nitrogens with zero attached hydrogens (tertiary/aromatic N) is 2. The van der Waals surface area contributed by atoms with E-state index in [2.05, 4.69) is 10.3 Å². The number of rotatable bonds is 5. The number of anilines is 1. The molecular weight excluding hydrogens is 493 g/mol. The van der Waals surface area contributed by atoms with Gasteiger partial charge >= 0.3 is 0 Å². The van der Waals surface area contributed by atoms with Gasteiger partial charge in [-0.25, -0.2) is 9.38 Å². The van der Waals surface area contributed by atoms with Crippen molar-refractivity contribution >= 4 is 51.7 Å². The summed E-state index contributed by atoms with van der Waals surface area (Å²) in [7, 11) is 0. The van der Waals surface area contributed by atoms with E-state index in [0.717, 1.165) is 5.56 Å². The number of fused-ring (bicyclic) bond motifs is 1. The van der Waals surface area contributed by atoms with Crippen LogP contribution in [0.15, 0.2) is 71.7 Å². The molecule has 0 aliphatic carbocycles. The van der Waals surface area contributed by atoms with Crippen LogP contribution in [0.3, 0.4) is 0 Å². The molecule has 1 saturated heterocycles. The maximum Gasteiger partial charge on any atom is 0.238 e. The molecule has 5 rings (SSSR count). The van der Waals surface area contributed by atoms with E-state index >= 15 is 0 Å². The molecule has 2 amide bonds. The Balaban J connectivity index is 1.40. The Morgan fingerprint density at radius 3 is 2.60 bits per heavy atom. The highest BCUT2D eigenvalue weighted by molar-refractivity contribution is 8.15. The van der Waals surface area contributed by atoms with Crippen LogP contribution in [-0.4, -0.2) is 33.9 Å². The summed E-state index contributed by atoms with van der Waals surface area (Å²) in [6.45, 7) is 0.382. The number of aliphatic imine (C=N–C) groups is 1. The molecule has 3 aromatic carbocycles. The number of carbonyl (C=O) groups excluding carboxylic acids is 2. The molecule has 0 aromatic heterocycles. The smallest absolute Gasteiger partial charge is 0.238 e. The summed E-state index contributed by atoms with van der Waals surface area (Å²) in [5.74, 6) is 0.293. The van der Waals surface area contributed by atoms with Gasteiger partial charge < -0.3 is 14.8 Å². The molecule has 1 atom stereocenters. The number of halogens is 2. The van der Waals surface area contributed by atoms with Crippen molar-refractivity contribution in [2.75, 3.05) is 12.1 Å². The summed E-state index contributed by atoms with van der Waals surface area (Å²) in [6.07, 6.45) is -0.00290. The van der Waals surface area contributed by atoms with Crippen molar-refractivity contribution in [1.29, 1.82) is 0 Å². The number of nitrogens with one attached hydrogen (secondary N) is 1. The average Bonchev–Trinajstić information content (AvgIpc) is 3.32. The van der Waals surface area contributed by atoms with E-state index < -0.39 is 11.1 Å². The summed E-state index contributed by atoms with van der Waals surface area (Å²) in [6, 6.07) is 17.8. The fourth-order valence-electron chi connectivity index (χ4n) is 3.60. The highest BCUT2D eigenvalue weighted by Gasteiger charge is 2.36. The van der Waals surface area contributed by atoms with Crippen LogP contribution in [0.2, 0.25) is 5.02 Å². The standard InChI is InChI=1S/C25H19ClFN3O4S/c26-16-2-6-18(7-3-16)28-24(32)22-12-23(31)30(13-15-1-10-20-21(11-15)34-14-33-20)25(35-22)29-19-8-4-17(27)5-9-19/h1-11,22H,12-14H2,(H,28,32)/t22-/m0/s1. The van der Waals surface area contributed by atoms with Gasteiger partial charge in [0, 0.05) is 17.1 Å². The van der Waals surface area contributed by atoms with Crippen LogP contribution in [0.1, 0.15) is 12.0 Å². The molecule has 35 heavy (non-hydrogen) atoms. The van der Waals surface area contributed by atoms with E-state index in [4.69, 9.17) is 21.1 Å². The Hall–Kier alpha value is -3.56. The zero-order valence-corrected chi connectivity index (χ0v) is 19.8. The van der Waals surface area contributed by atoms with Crippen LogP contribution in [0.5, 0.6) is 11.5 Å². The van der Waals surface area contributed by atoms with E-state index in [1.165, 1.54) is 40.9 Å². The molecule has 0 bridgehead atoms. The van der Waals surface area contributed by atoms with Crippen molar-refractivity contribution in [3.05, 3.63) is 83.1 Å². The zero-order valence-electron chi connectivity index (χ0n) is 18.2. The molecule has 0 saturated carbocycles. The maximum atomic E-state index is 13.4. The highest BCUT2D eigenvalue weighted by Crippen LogP contribution is 2.35. The minimum atomic E-state index is -0.689. The molecule has 10 heteroatoms. The molecule has 2 heterocycles. The lowest BCUT2D eigenvalue weighted by molar-refractivity contribution is -0.129. The van der Waals surface area contributed by atoms with Crippen molar-refractivity contribution in [2.24, 2.45) is 4.99 Å². The predicted octanol–water partition coefficient (Wildman–Crippen LogP) is 5.37. The van der Waals surface area contributed by atoms with Gasteiger partial charge in [-0.05, 0) is 66.2 Å². The first-order valence-electron chi connectivity index (χ1n) is 10.7. The van der Waals surface area contributed by atoms with Crippen LogP contribution < -0.4 is 14.8 Å². The highest BCUT2D eigenvalue weighted by atomic mass is 35.5. The molecule has 1 N–H and O–H groups in total. The number of carbonyl (C=O) groups is 2. The van der Waals surface area contributed by atoms with Crippen molar-refractivity contribution in [1.82, 2.24) is 4.90 Å². The van der Waals surface area contributed by atoms with Gasteiger partial charge in [-0.2, -0.15) is 0 Å². The fourth-order valence-corrected chi connectivity index (χ4v) is 4.82. The second-order valence-electron chi connectivity index (χ2n) is 7.85. The molecule has 1 fully saturated rings. The number of amides is 2. The maximum absolute atomic E-state index is 13.4. The lowest BCUT2D eigenvalue weighted by Gasteiger charge is -2.32. The van der Waals surface area contributed by atoms with Crippen molar-refractivity contribution in [3.8, 4) is 11.5 Å². The third-order valence-corrected chi connectivity index (χ3v) is 6.81. The van der Waals surface area contributed by atoms with Gasteiger partial charge in [0.05, 0.1) is 12.2 Å². The van der Waals surface area contributed by atoms with Crippen LogP contribution in [0.25, 0.3) is 0 Å². The minimum Gasteiger partial charge on any atom is -0.454 e. The van der Waals surface area contributed by atoms with E-state index in [1.54, 1.807) is 30.3 Å². The molecule has 178 valence electrons. The van der Waals surface area contributed by atoms with Gasteiger partial charge in [0.25, 0.3) is 0 Å². The van der Waals surface area contributed by atoms with Crippen LogP contribution in [-0.2, 0) is 16.1 Å². The topological polar surface area (TPSA) is 80.2 Å². The fraction of sp³-hybridized carbons (Fsp3) is 0.160. The monoisotopic (exact) mass is 511 g/mol.